The van der Waals surface area contributed by atoms with E-state index in [1.54, 1.807) is 25.6 Å². The summed E-state index contributed by atoms with van der Waals surface area (Å²) in [6.07, 6.45) is 3.25. The quantitative estimate of drug-likeness (QED) is 0.485. The van der Waals surface area contributed by atoms with E-state index in [1.165, 1.54) is 0 Å². The molecule has 7 heteroatoms. The first-order valence-corrected chi connectivity index (χ1v) is 4.67. The topological polar surface area (TPSA) is 102 Å². The van der Waals surface area contributed by atoms with Crippen molar-refractivity contribution in [2.45, 2.75) is 6.04 Å². The molecule has 4 N–H and O–H groups in total. The summed E-state index contributed by atoms with van der Waals surface area (Å²) in [5, 5.41) is 10.2. The summed E-state index contributed by atoms with van der Waals surface area (Å²) in [5.41, 5.74) is 3.95. The molecule has 7 nitrogen and oxygen atoms in total. The van der Waals surface area contributed by atoms with Gasteiger partial charge in [-0.1, -0.05) is 0 Å². The second-order valence-corrected chi connectivity index (χ2v) is 3.09. The molecule has 16 heavy (non-hydrogen) atoms. The van der Waals surface area contributed by atoms with E-state index >= 15 is 0 Å². The van der Waals surface area contributed by atoms with Crippen LogP contribution in [0.2, 0.25) is 0 Å². The zero-order valence-corrected chi connectivity index (χ0v) is 8.71. The molecule has 0 spiro atoms. The van der Waals surface area contributed by atoms with Gasteiger partial charge in [0.25, 0.3) is 0 Å². The third kappa shape index (κ3) is 1.86. The van der Waals surface area contributed by atoms with Crippen molar-refractivity contribution in [3.63, 3.8) is 0 Å². The van der Waals surface area contributed by atoms with Gasteiger partial charge in [0, 0.05) is 6.20 Å². The second kappa shape index (κ2) is 4.69. The van der Waals surface area contributed by atoms with Crippen molar-refractivity contribution in [2.24, 2.45) is 5.84 Å². The van der Waals surface area contributed by atoms with Crippen LogP contribution in [0.15, 0.2) is 24.5 Å². The van der Waals surface area contributed by atoms with Gasteiger partial charge in [-0.15, -0.1) is 0 Å². The number of aromatic nitrogens is 4. The van der Waals surface area contributed by atoms with Crippen molar-refractivity contribution in [1.29, 1.82) is 0 Å². The van der Waals surface area contributed by atoms with Crippen molar-refractivity contribution < 1.29 is 4.74 Å². The Hall–Kier alpha value is -1.99. The van der Waals surface area contributed by atoms with Crippen molar-refractivity contribution in [3.8, 4) is 5.75 Å². The van der Waals surface area contributed by atoms with E-state index in [0.29, 0.717) is 17.1 Å². The van der Waals surface area contributed by atoms with Gasteiger partial charge in [-0.3, -0.25) is 10.8 Å². The van der Waals surface area contributed by atoms with Crippen molar-refractivity contribution in [1.82, 2.24) is 25.8 Å². The van der Waals surface area contributed by atoms with E-state index < -0.39 is 0 Å². The Labute approximate surface area is 92.0 Å². The normalized spacial score (nSPS) is 12.4. The highest BCUT2D eigenvalue weighted by atomic mass is 16.5. The summed E-state index contributed by atoms with van der Waals surface area (Å²) in [6.45, 7) is 0. The summed E-state index contributed by atoms with van der Waals surface area (Å²) in [6, 6.07) is 3.25. The van der Waals surface area contributed by atoms with E-state index in [4.69, 9.17) is 10.6 Å². The minimum absolute atomic E-state index is 0.352. The number of H-pyrrole nitrogens is 1. The number of nitrogens with two attached hydrogens (primary N) is 1. The minimum Gasteiger partial charge on any atom is -0.495 e. The largest absolute Gasteiger partial charge is 0.495 e. The van der Waals surface area contributed by atoms with Crippen LogP contribution in [0.25, 0.3) is 0 Å². The first kappa shape index (κ1) is 10.5. The van der Waals surface area contributed by atoms with Crippen LogP contribution in [0.1, 0.15) is 17.4 Å². The van der Waals surface area contributed by atoms with Crippen LogP contribution in [-0.2, 0) is 0 Å². The van der Waals surface area contributed by atoms with E-state index in [-0.39, 0.29) is 6.04 Å². The van der Waals surface area contributed by atoms with Crippen LogP contribution in [0.3, 0.4) is 0 Å². The maximum atomic E-state index is 5.49. The maximum absolute atomic E-state index is 5.49. The predicted octanol–water partition coefficient (Wildman–Crippen LogP) is -0.239. The average Bonchev–Trinajstić information content (AvgIpc) is 2.84. The van der Waals surface area contributed by atoms with Gasteiger partial charge in [0.05, 0.1) is 13.3 Å². The number of methoxy groups -OCH3 is 1. The number of rotatable bonds is 4. The van der Waals surface area contributed by atoms with Crippen molar-refractivity contribution >= 4 is 0 Å². The first-order chi connectivity index (χ1) is 7.86. The van der Waals surface area contributed by atoms with Gasteiger partial charge in [0.1, 0.15) is 23.2 Å². The molecule has 84 valence electrons. The molecule has 0 aromatic carbocycles. The monoisotopic (exact) mass is 220 g/mol. The molecule has 0 fully saturated rings. The van der Waals surface area contributed by atoms with Crippen LogP contribution < -0.4 is 16.0 Å². The van der Waals surface area contributed by atoms with Crippen LogP contribution in [-0.4, -0.2) is 27.5 Å². The number of pyridine rings is 1. The molecule has 0 aliphatic rings. The number of nitrogens with one attached hydrogen (secondary N) is 2. The molecular weight excluding hydrogens is 208 g/mol. The van der Waals surface area contributed by atoms with E-state index in [9.17, 15) is 0 Å². The average molecular weight is 220 g/mol. The van der Waals surface area contributed by atoms with Gasteiger partial charge in [0.15, 0.2) is 0 Å². The lowest BCUT2D eigenvalue weighted by Crippen LogP contribution is -2.30. The van der Waals surface area contributed by atoms with Crippen LogP contribution >= 0.6 is 0 Å². The Morgan fingerprint density at radius 3 is 3.06 bits per heavy atom. The molecule has 0 amide bonds. The van der Waals surface area contributed by atoms with Crippen molar-refractivity contribution in [2.75, 3.05) is 7.11 Å². The van der Waals surface area contributed by atoms with Gasteiger partial charge in [-0.25, -0.2) is 5.43 Å². The third-order valence-electron chi connectivity index (χ3n) is 2.19. The van der Waals surface area contributed by atoms with E-state index in [0.717, 1.165) is 0 Å². The molecule has 2 rings (SSSR count). The lowest BCUT2D eigenvalue weighted by atomic mass is 10.1. The summed E-state index contributed by atoms with van der Waals surface area (Å²) in [7, 11) is 1.58. The van der Waals surface area contributed by atoms with Gasteiger partial charge < -0.3 is 4.74 Å². The highest BCUT2D eigenvalue weighted by molar-refractivity contribution is 5.33. The molecule has 1 unspecified atom stereocenters. The standard InChI is InChI=1S/C9H12N6O/c1-16-7-3-2-4-11-9(7)8(13-10)6-5-12-15-14-6/h2-5,8,13H,10H2,1H3,(H,12,14,15). The maximum Gasteiger partial charge on any atom is 0.142 e. The smallest absolute Gasteiger partial charge is 0.142 e. The molecule has 0 saturated carbocycles. The summed E-state index contributed by atoms with van der Waals surface area (Å²) in [4.78, 5) is 4.23. The SMILES string of the molecule is COc1cccnc1C(NN)c1cn[nH]n1. The predicted molar refractivity (Wildman–Crippen MR) is 56.3 cm³/mol. The Bertz CT molecular complexity index is 443. The molecule has 0 aliphatic carbocycles. The zero-order chi connectivity index (χ0) is 11.4. The molecule has 2 aromatic heterocycles. The fourth-order valence-electron chi connectivity index (χ4n) is 1.45. The minimum atomic E-state index is -0.352. The van der Waals surface area contributed by atoms with Crippen molar-refractivity contribution in [3.05, 3.63) is 35.9 Å². The van der Waals surface area contributed by atoms with Crippen LogP contribution in [0.5, 0.6) is 5.75 Å². The zero-order valence-electron chi connectivity index (χ0n) is 8.71. The molecule has 2 heterocycles. The number of nitrogens with zero attached hydrogens (tertiary/aromatic N) is 3. The fourth-order valence-corrected chi connectivity index (χ4v) is 1.45. The number of ether oxygens (including phenoxy) is 1. The number of hydrogen-bond acceptors (Lipinski definition) is 6. The fraction of sp³-hybridized carbons (Fsp3) is 0.222. The molecule has 0 bridgehead atoms. The Kier molecular flexibility index (Phi) is 3.08. The van der Waals surface area contributed by atoms with Crippen LogP contribution in [0.4, 0.5) is 0 Å². The van der Waals surface area contributed by atoms with Gasteiger partial charge >= 0.3 is 0 Å². The van der Waals surface area contributed by atoms with Crippen LogP contribution in [0, 0.1) is 0 Å². The molecule has 1 atom stereocenters. The number of hydrogen-bond donors (Lipinski definition) is 3. The lowest BCUT2D eigenvalue weighted by Gasteiger charge is -2.15. The van der Waals surface area contributed by atoms with Gasteiger partial charge in [-0.05, 0) is 12.1 Å². The Morgan fingerprint density at radius 2 is 2.44 bits per heavy atom. The summed E-state index contributed by atoms with van der Waals surface area (Å²) >= 11 is 0. The second-order valence-electron chi connectivity index (χ2n) is 3.09. The number of aromatic amines is 1. The molecule has 2 aromatic rings. The molecule has 0 radical (unpaired) electrons. The number of hydrazine groups is 1. The highest BCUT2D eigenvalue weighted by Gasteiger charge is 2.20. The Morgan fingerprint density at radius 1 is 1.56 bits per heavy atom. The molecule has 0 saturated heterocycles. The van der Waals surface area contributed by atoms with E-state index in [2.05, 4.69) is 25.8 Å². The van der Waals surface area contributed by atoms with Gasteiger partial charge in [-0.2, -0.15) is 15.4 Å². The summed E-state index contributed by atoms with van der Waals surface area (Å²) < 4.78 is 5.21. The third-order valence-corrected chi connectivity index (χ3v) is 2.19. The Balaban J connectivity index is 2.41. The van der Waals surface area contributed by atoms with Gasteiger partial charge in [0.2, 0.25) is 0 Å². The summed E-state index contributed by atoms with van der Waals surface area (Å²) in [5.74, 6) is 6.14. The highest BCUT2D eigenvalue weighted by Crippen LogP contribution is 2.25. The lowest BCUT2D eigenvalue weighted by molar-refractivity contribution is 0.399. The van der Waals surface area contributed by atoms with E-state index in [1.807, 2.05) is 6.07 Å². The molecular formula is C9H12N6O. The molecule has 0 aliphatic heterocycles. The first-order valence-electron chi connectivity index (χ1n) is 4.67.